The van der Waals surface area contributed by atoms with Gasteiger partial charge in [-0.1, -0.05) is 0 Å². The van der Waals surface area contributed by atoms with E-state index in [0.717, 1.165) is 24.6 Å². The number of hydrogen-bond donors (Lipinski definition) is 0. The third-order valence-electron chi connectivity index (χ3n) is 3.42. The molecule has 19 heavy (non-hydrogen) atoms. The Hall–Kier alpha value is -1.95. The van der Waals surface area contributed by atoms with Gasteiger partial charge < -0.3 is 9.64 Å². The van der Waals surface area contributed by atoms with Crippen LogP contribution in [0.1, 0.15) is 12.5 Å². The van der Waals surface area contributed by atoms with Gasteiger partial charge in [0, 0.05) is 37.7 Å². The molecule has 1 atom stereocenters. The highest BCUT2D eigenvalue weighted by atomic mass is 16.5. The zero-order valence-electron chi connectivity index (χ0n) is 11.2. The average Bonchev–Trinajstić information content (AvgIpc) is 2.87. The van der Waals surface area contributed by atoms with Crippen molar-refractivity contribution in [2.24, 2.45) is 7.05 Å². The maximum Gasteiger partial charge on any atom is 0.225 e. The topological polar surface area (TPSA) is 56.1 Å². The molecule has 1 unspecified atom stereocenters. The van der Waals surface area contributed by atoms with E-state index >= 15 is 0 Å². The molecule has 2 aromatic heterocycles. The number of hydrogen-bond acceptors (Lipinski definition) is 5. The fourth-order valence-electron chi connectivity index (χ4n) is 2.36. The molecule has 0 N–H and O–H groups in total. The molecule has 0 radical (unpaired) electrons. The fraction of sp³-hybridized carbons (Fsp3) is 0.462. The zero-order chi connectivity index (χ0) is 13.3. The molecule has 0 amide bonds. The van der Waals surface area contributed by atoms with Crippen molar-refractivity contribution in [3.05, 3.63) is 36.4 Å². The minimum atomic E-state index is -0.369. The maximum absolute atomic E-state index is 5.97. The van der Waals surface area contributed by atoms with Crippen LogP contribution in [0.2, 0.25) is 0 Å². The smallest absolute Gasteiger partial charge is 0.225 e. The minimum Gasteiger partial charge on any atom is -0.367 e. The summed E-state index contributed by atoms with van der Waals surface area (Å²) in [6.07, 6.45) is 7.38. The summed E-state index contributed by atoms with van der Waals surface area (Å²) in [4.78, 5) is 10.8. The van der Waals surface area contributed by atoms with Gasteiger partial charge in [-0.25, -0.2) is 9.97 Å². The zero-order valence-corrected chi connectivity index (χ0v) is 11.2. The molecule has 0 aliphatic carbocycles. The number of aromatic nitrogens is 4. The van der Waals surface area contributed by atoms with Crippen LogP contribution in [0.15, 0.2) is 30.9 Å². The summed E-state index contributed by atoms with van der Waals surface area (Å²) in [6.45, 7) is 4.27. The molecule has 1 aliphatic rings. The van der Waals surface area contributed by atoms with E-state index in [1.807, 2.05) is 25.5 Å². The van der Waals surface area contributed by atoms with E-state index in [0.29, 0.717) is 6.61 Å². The SMILES string of the molecule is Cn1cc(C2(C)CN(c3ncccn3)CCO2)cn1. The first-order valence-corrected chi connectivity index (χ1v) is 6.32. The molecule has 3 heterocycles. The van der Waals surface area contributed by atoms with Gasteiger partial charge in [-0.3, -0.25) is 4.68 Å². The van der Waals surface area contributed by atoms with E-state index in [4.69, 9.17) is 4.74 Å². The molecule has 1 fully saturated rings. The number of rotatable bonds is 2. The van der Waals surface area contributed by atoms with Crippen LogP contribution < -0.4 is 4.90 Å². The highest BCUT2D eigenvalue weighted by Crippen LogP contribution is 2.30. The summed E-state index contributed by atoms with van der Waals surface area (Å²) < 4.78 is 7.76. The van der Waals surface area contributed by atoms with E-state index in [2.05, 4.69) is 26.9 Å². The van der Waals surface area contributed by atoms with Crippen molar-refractivity contribution in [2.45, 2.75) is 12.5 Å². The number of anilines is 1. The molecule has 0 bridgehead atoms. The van der Waals surface area contributed by atoms with Crippen molar-refractivity contribution >= 4 is 5.95 Å². The van der Waals surface area contributed by atoms with Crippen molar-refractivity contribution in [3.8, 4) is 0 Å². The Morgan fingerprint density at radius 3 is 2.79 bits per heavy atom. The van der Waals surface area contributed by atoms with Crippen molar-refractivity contribution in [1.82, 2.24) is 19.7 Å². The highest BCUT2D eigenvalue weighted by Gasteiger charge is 2.35. The van der Waals surface area contributed by atoms with Crippen LogP contribution in [0.4, 0.5) is 5.95 Å². The van der Waals surface area contributed by atoms with Crippen molar-refractivity contribution < 1.29 is 4.74 Å². The van der Waals surface area contributed by atoms with E-state index < -0.39 is 0 Å². The monoisotopic (exact) mass is 259 g/mol. The summed E-state index contributed by atoms with van der Waals surface area (Å²) >= 11 is 0. The summed E-state index contributed by atoms with van der Waals surface area (Å²) in [5, 5.41) is 4.22. The minimum absolute atomic E-state index is 0.369. The second kappa shape index (κ2) is 4.62. The Labute approximate surface area is 112 Å². The van der Waals surface area contributed by atoms with Crippen molar-refractivity contribution in [3.63, 3.8) is 0 Å². The molecular weight excluding hydrogens is 242 g/mol. The molecule has 1 aliphatic heterocycles. The van der Waals surface area contributed by atoms with Crippen LogP contribution in [0.3, 0.4) is 0 Å². The Balaban J connectivity index is 1.85. The van der Waals surface area contributed by atoms with Gasteiger partial charge in [0.15, 0.2) is 0 Å². The van der Waals surface area contributed by atoms with E-state index in [-0.39, 0.29) is 5.60 Å². The Bertz CT molecular complexity index is 555. The summed E-state index contributed by atoms with van der Waals surface area (Å²) in [7, 11) is 1.91. The van der Waals surface area contributed by atoms with E-state index in [9.17, 15) is 0 Å². The molecule has 0 saturated carbocycles. The van der Waals surface area contributed by atoms with Gasteiger partial charge in [0.1, 0.15) is 5.60 Å². The molecule has 6 nitrogen and oxygen atoms in total. The summed E-state index contributed by atoms with van der Waals surface area (Å²) in [5.41, 5.74) is 0.710. The lowest BCUT2D eigenvalue weighted by atomic mass is 9.97. The predicted octanol–water partition coefficient (Wildman–Crippen LogP) is 0.962. The van der Waals surface area contributed by atoms with Crippen molar-refractivity contribution in [2.75, 3.05) is 24.6 Å². The number of ether oxygens (including phenoxy) is 1. The second-order valence-corrected chi connectivity index (χ2v) is 4.95. The van der Waals surface area contributed by atoms with Crippen LogP contribution in [0.25, 0.3) is 0 Å². The second-order valence-electron chi connectivity index (χ2n) is 4.95. The first-order chi connectivity index (χ1) is 9.17. The van der Waals surface area contributed by atoms with E-state index in [1.165, 1.54) is 0 Å². The van der Waals surface area contributed by atoms with Gasteiger partial charge in [-0.2, -0.15) is 5.10 Å². The Morgan fingerprint density at radius 1 is 1.32 bits per heavy atom. The Kier molecular flexibility index (Phi) is 2.94. The third kappa shape index (κ3) is 2.31. The van der Waals surface area contributed by atoms with Gasteiger partial charge in [-0.15, -0.1) is 0 Å². The summed E-state index contributed by atoms with van der Waals surface area (Å²) in [6, 6.07) is 1.82. The molecule has 0 spiro atoms. The van der Waals surface area contributed by atoms with Crippen LogP contribution in [-0.2, 0) is 17.4 Å². The Morgan fingerprint density at radius 2 is 2.11 bits per heavy atom. The molecule has 1 saturated heterocycles. The van der Waals surface area contributed by atoms with E-state index in [1.54, 1.807) is 17.1 Å². The normalized spacial score (nSPS) is 23.6. The van der Waals surface area contributed by atoms with Crippen molar-refractivity contribution in [1.29, 1.82) is 0 Å². The summed E-state index contributed by atoms with van der Waals surface area (Å²) in [5.74, 6) is 0.751. The predicted molar refractivity (Wildman–Crippen MR) is 70.8 cm³/mol. The number of morpholine rings is 1. The molecule has 0 aromatic carbocycles. The standard InChI is InChI=1S/C13H17N5O/c1-13(11-8-16-17(2)9-11)10-18(6-7-19-13)12-14-4-3-5-15-12/h3-5,8-9H,6-7,10H2,1-2H3. The largest absolute Gasteiger partial charge is 0.367 e. The van der Waals surface area contributed by atoms with Crippen LogP contribution in [0.5, 0.6) is 0 Å². The maximum atomic E-state index is 5.97. The van der Waals surface area contributed by atoms with Crippen LogP contribution in [0, 0.1) is 0 Å². The first-order valence-electron chi connectivity index (χ1n) is 6.32. The van der Waals surface area contributed by atoms with Gasteiger partial charge in [0.05, 0.1) is 19.3 Å². The van der Waals surface area contributed by atoms with Crippen LogP contribution >= 0.6 is 0 Å². The van der Waals surface area contributed by atoms with Gasteiger partial charge in [-0.05, 0) is 13.0 Å². The van der Waals surface area contributed by atoms with Gasteiger partial charge in [0.2, 0.25) is 5.95 Å². The highest BCUT2D eigenvalue weighted by molar-refractivity contribution is 5.32. The average molecular weight is 259 g/mol. The lowest BCUT2D eigenvalue weighted by Crippen LogP contribution is -2.48. The fourth-order valence-corrected chi connectivity index (χ4v) is 2.36. The first kappa shape index (κ1) is 12.1. The van der Waals surface area contributed by atoms with Gasteiger partial charge in [0.25, 0.3) is 0 Å². The number of nitrogens with zero attached hydrogens (tertiary/aromatic N) is 5. The molecular formula is C13H17N5O. The third-order valence-corrected chi connectivity index (χ3v) is 3.42. The quantitative estimate of drug-likeness (QED) is 0.804. The van der Waals surface area contributed by atoms with Gasteiger partial charge >= 0.3 is 0 Å². The lowest BCUT2D eigenvalue weighted by molar-refractivity contribution is -0.0470. The molecule has 100 valence electrons. The number of aryl methyl sites for hydroxylation is 1. The molecule has 3 rings (SSSR count). The lowest BCUT2D eigenvalue weighted by Gasteiger charge is -2.40. The molecule has 6 heteroatoms. The van der Waals surface area contributed by atoms with Crippen LogP contribution in [-0.4, -0.2) is 39.4 Å². The molecule has 2 aromatic rings.